The van der Waals surface area contributed by atoms with Gasteiger partial charge < -0.3 is 10.8 Å². The number of rotatable bonds is 3. The smallest absolute Gasteiger partial charge is 0.0485 e. The molecule has 1 aromatic carbocycles. The Kier molecular flexibility index (Phi) is 5.63. The second-order valence-electron chi connectivity index (χ2n) is 3.32. The van der Waals surface area contributed by atoms with Gasteiger partial charge in [0.25, 0.3) is 0 Å². The molecular formula is C14H15NO. The molecule has 0 fully saturated rings. The number of hydrogen-bond acceptors (Lipinski definition) is 2. The molecule has 0 saturated carbocycles. The quantitative estimate of drug-likeness (QED) is 0.457. The number of aliphatic hydroxyl groups excluding tert-OH is 1. The lowest BCUT2D eigenvalue weighted by molar-refractivity contribution is 0.285. The Morgan fingerprint density at radius 2 is 1.94 bits per heavy atom. The van der Waals surface area contributed by atoms with Crippen molar-refractivity contribution in [2.45, 2.75) is 19.3 Å². The summed E-state index contributed by atoms with van der Waals surface area (Å²) in [6, 6.07) is 7.46. The lowest BCUT2D eigenvalue weighted by Crippen LogP contribution is -1.87. The number of unbranched alkanes of at least 4 members (excludes halogenated alkanes) is 2. The van der Waals surface area contributed by atoms with E-state index in [9.17, 15) is 0 Å². The van der Waals surface area contributed by atoms with E-state index in [1.807, 2.05) is 24.3 Å². The molecule has 0 aliphatic rings. The molecule has 0 atom stereocenters. The van der Waals surface area contributed by atoms with Crippen molar-refractivity contribution >= 4 is 5.69 Å². The summed E-state index contributed by atoms with van der Waals surface area (Å²) in [5, 5.41) is 8.56. The number of benzene rings is 1. The Labute approximate surface area is 96.5 Å². The molecule has 0 aliphatic carbocycles. The molecule has 0 aliphatic heterocycles. The van der Waals surface area contributed by atoms with Crippen LogP contribution in [0.3, 0.4) is 0 Å². The van der Waals surface area contributed by atoms with Gasteiger partial charge in [-0.1, -0.05) is 24.0 Å². The third-order valence-corrected chi connectivity index (χ3v) is 2.02. The van der Waals surface area contributed by atoms with Gasteiger partial charge in [0.15, 0.2) is 0 Å². The molecule has 0 heterocycles. The van der Waals surface area contributed by atoms with Crippen LogP contribution in [0.15, 0.2) is 24.3 Å². The Morgan fingerprint density at radius 1 is 1.12 bits per heavy atom. The van der Waals surface area contributed by atoms with Crippen LogP contribution in [0.25, 0.3) is 0 Å². The molecule has 0 aromatic heterocycles. The highest BCUT2D eigenvalue weighted by Crippen LogP contribution is 2.07. The van der Waals surface area contributed by atoms with Crippen LogP contribution in [-0.4, -0.2) is 11.7 Å². The van der Waals surface area contributed by atoms with E-state index >= 15 is 0 Å². The molecule has 16 heavy (non-hydrogen) atoms. The average molecular weight is 213 g/mol. The maximum atomic E-state index is 8.56. The summed E-state index contributed by atoms with van der Waals surface area (Å²) in [5.41, 5.74) is 7.21. The zero-order valence-electron chi connectivity index (χ0n) is 9.16. The fourth-order valence-corrected chi connectivity index (χ4v) is 1.14. The number of nitrogen functional groups attached to an aromatic ring is 1. The van der Waals surface area contributed by atoms with Crippen molar-refractivity contribution in [2.75, 3.05) is 12.3 Å². The summed E-state index contributed by atoms with van der Waals surface area (Å²) in [5.74, 6) is 11.4. The molecular weight excluding hydrogens is 198 g/mol. The molecule has 2 heteroatoms. The minimum Gasteiger partial charge on any atom is -0.398 e. The number of anilines is 1. The van der Waals surface area contributed by atoms with Crippen molar-refractivity contribution in [1.82, 2.24) is 0 Å². The van der Waals surface area contributed by atoms with Crippen LogP contribution >= 0.6 is 0 Å². The number of para-hydroxylation sites is 1. The second-order valence-corrected chi connectivity index (χ2v) is 3.32. The van der Waals surface area contributed by atoms with Gasteiger partial charge in [0.05, 0.1) is 0 Å². The lowest BCUT2D eigenvalue weighted by Gasteiger charge is -1.93. The molecule has 2 nitrogen and oxygen atoms in total. The van der Waals surface area contributed by atoms with Crippen LogP contribution in [0.4, 0.5) is 5.69 Å². The van der Waals surface area contributed by atoms with Crippen molar-refractivity contribution in [3.8, 4) is 23.7 Å². The maximum Gasteiger partial charge on any atom is 0.0485 e. The van der Waals surface area contributed by atoms with Crippen molar-refractivity contribution < 1.29 is 5.11 Å². The van der Waals surface area contributed by atoms with Crippen LogP contribution in [0.1, 0.15) is 24.8 Å². The fourth-order valence-electron chi connectivity index (χ4n) is 1.14. The first-order valence-electron chi connectivity index (χ1n) is 5.29. The van der Waals surface area contributed by atoms with Crippen molar-refractivity contribution in [3.63, 3.8) is 0 Å². The van der Waals surface area contributed by atoms with Gasteiger partial charge in [0.2, 0.25) is 0 Å². The van der Waals surface area contributed by atoms with Crippen molar-refractivity contribution in [1.29, 1.82) is 0 Å². The molecule has 0 radical (unpaired) electrons. The van der Waals surface area contributed by atoms with Gasteiger partial charge in [-0.15, -0.1) is 0 Å². The molecule has 0 spiro atoms. The van der Waals surface area contributed by atoms with Crippen LogP contribution < -0.4 is 5.73 Å². The first kappa shape index (κ1) is 12.2. The average Bonchev–Trinajstić information content (AvgIpc) is 2.30. The van der Waals surface area contributed by atoms with Gasteiger partial charge in [0.1, 0.15) is 0 Å². The van der Waals surface area contributed by atoms with E-state index in [0.29, 0.717) is 5.69 Å². The Bertz CT molecular complexity index is 443. The molecule has 3 N–H and O–H groups in total. The van der Waals surface area contributed by atoms with E-state index < -0.39 is 0 Å². The molecule has 1 aromatic rings. The molecule has 1 rings (SSSR count). The summed E-state index contributed by atoms with van der Waals surface area (Å²) in [6.07, 6.45) is 2.49. The van der Waals surface area contributed by atoms with Gasteiger partial charge in [0, 0.05) is 24.3 Å². The van der Waals surface area contributed by atoms with E-state index in [1.54, 1.807) is 0 Å². The number of aliphatic hydroxyl groups is 1. The minimum atomic E-state index is 0.230. The van der Waals surface area contributed by atoms with Gasteiger partial charge in [-0.2, -0.15) is 0 Å². The van der Waals surface area contributed by atoms with E-state index in [1.165, 1.54) is 0 Å². The zero-order chi connectivity index (χ0) is 11.6. The Hall–Kier alpha value is -1.90. The molecule has 82 valence electrons. The SMILES string of the molecule is Nc1ccccc1C#CC#CCCCCO. The van der Waals surface area contributed by atoms with Crippen LogP contribution in [-0.2, 0) is 0 Å². The highest BCUT2D eigenvalue weighted by Gasteiger charge is 1.89. The minimum absolute atomic E-state index is 0.230. The lowest BCUT2D eigenvalue weighted by atomic mass is 10.2. The van der Waals surface area contributed by atoms with Crippen LogP contribution in [0.2, 0.25) is 0 Å². The summed E-state index contributed by atoms with van der Waals surface area (Å²) >= 11 is 0. The first-order valence-corrected chi connectivity index (χ1v) is 5.29. The molecule has 0 unspecified atom stereocenters. The highest BCUT2D eigenvalue weighted by molar-refractivity contribution is 5.56. The molecule has 0 saturated heterocycles. The van der Waals surface area contributed by atoms with E-state index in [0.717, 1.165) is 24.8 Å². The maximum absolute atomic E-state index is 8.56. The third kappa shape index (κ3) is 4.55. The van der Waals surface area contributed by atoms with Crippen molar-refractivity contribution in [3.05, 3.63) is 29.8 Å². The second kappa shape index (κ2) is 7.40. The largest absolute Gasteiger partial charge is 0.398 e. The van der Waals surface area contributed by atoms with Gasteiger partial charge in [-0.05, 0) is 36.8 Å². The van der Waals surface area contributed by atoms with Crippen LogP contribution in [0, 0.1) is 23.7 Å². The fraction of sp³-hybridized carbons (Fsp3) is 0.286. The standard InChI is InChI=1S/C14H15NO/c15-14-11-7-6-10-13(14)9-5-3-1-2-4-8-12-16/h6-7,10-11,16H,2,4,8,12,15H2. The number of hydrogen-bond donors (Lipinski definition) is 2. The zero-order valence-corrected chi connectivity index (χ0v) is 9.16. The van der Waals surface area contributed by atoms with Gasteiger partial charge in [-0.25, -0.2) is 0 Å². The van der Waals surface area contributed by atoms with Crippen LogP contribution in [0.5, 0.6) is 0 Å². The summed E-state index contributed by atoms with van der Waals surface area (Å²) in [4.78, 5) is 0. The number of nitrogens with two attached hydrogens (primary N) is 1. The van der Waals surface area contributed by atoms with Crippen molar-refractivity contribution in [2.24, 2.45) is 0 Å². The van der Waals surface area contributed by atoms with E-state index in [-0.39, 0.29) is 6.61 Å². The topological polar surface area (TPSA) is 46.2 Å². The molecule has 0 amide bonds. The summed E-state index contributed by atoms with van der Waals surface area (Å²) in [6.45, 7) is 0.230. The van der Waals surface area contributed by atoms with E-state index in [2.05, 4.69) is 23.7 Å². The highest BCUT2D eigenvalue weighted by atomic mass is 16.2. The third-order valence-electron chi connectivity index (χ3n) is 2.02. The first-order chi connectivity index (χ1) is 7.84. The van der Waals surface area contributed by atoms with E-state index in [4.69, 9.17) is 10.8 Å². The predicted octanol–water partition coefficient (Wildman–Crippen LogP) is 1.79. The predicted molar refractivity (Wildman–Crippen MR) is 66.4 cm³/mol. The summed E-state index contributed by atoms with van der Waals surface area (Å²) < 4.78 is 0. The molecule has 0 bridgehead atoms. The monoisotopic (exact) mass is 213 g/mol. The Balaban J connectivity index is 2.46. The Morgan fingerprint density at radius 3 is 2.69 bits per heavy atom. The van der Waals surface area contributed by atoms with Gasteiger partial charge >= 0.3 is 0 Å². The van der Waals surface area contributed by atoms with Gasteiger partial charge in [-0.3, -0.25) is 0 Å². The normalized spacial score (nSPS) is 8.56. The summed E-state index contributed by atoms with van der Waals surface area (Å²) in [7, 11) is 0.